The number of nitrogens with zero attached hydrogens (tertiary/aromatic N) is 4. The van der Waals surface area contributed by atoms with Gasteiger partial charge in [-0.1, -0.05) is 51.9 Å². The van der Waals surface area contributed by atoms with E-state index in [0.717, 1.165) is 54.9 Å². The van der Waals surface area contributed by atoms with Crippen LogP contribution in [0, 0.1) is 11.3 Å². The first-order chi connectivity index (χ1) is 15.5. The van der Waals surface area contributed by atoms with Crippen molar-refractivity contribution in [3.05, 3.63) is 41.3 Å². The molecule has 1 aromatic carbocycles. The number of imidazole rings is 1. The summed E-state index contributed by atoms with van der Waals surface area (Å²) in [5.74, 6) is 0.0511. The Hall–Kier alpha value is -2.68. The second-order valence-corrected chi connectivity index (χ2v) is 9.64. The van der Waals surface area contributed by atoms with E-state index in [4.69, 9.17) is 4.98 Å². The maximum atomic E-state index is 12.6. The summed E-state index contributed by atoms with van der Waals surface area (Å²) in [6, 6.07) is 5.85. The van der Waals surface area contributed by atoms with Crippen LogP contribution in [0.5, 0.6) is 0 Å². The molecule has 3 rings (SSSR count). The first-order valence-electron chi connectivity index (χ1n) is 11.2. The lowest BCUT2D eigenvalue weighted by atomic mass is 9.84. The third-order valence-electron chi connectivity index (χ3n) is 5.21. The van der Waals surface area contributed by atoms with Crippen molar-refractivity contribution in [3.63, 3.8) is 0 Å². The summed E-state index contributed by atoms with van der Waals surface area (Å²) in [6.45, 7) is 13.7. The van der Waals surface area contributed by atoms with Crippen molar-refractivity contribution in [1.82, 2.24) is 25.0 Å². The van der Waals surface area contributed by atoms with Crippen LogP contribution in [0.1, 0.15) is 64.1 Å². The van der Waals surface area contributed by atoms with Gasteiger partial charge in [0.05, 0.1) is 11.0 Å². The molecule has 9 heteroatoms. The fourth-order valence-corrected chi connectivity index (χ4v) is 4.09. The third-order valence-corrected chi connectivity index (χ3v) is 5.21. The van der Waals surface area contributed by atoms with Crippen LogP contribution in [0.25, 0.3) is 23.2 Å². The number of nitrogens with one attached hydrogen (secondary N) is 1. The Bertz CT molecular complexity index is 1090. The van der Waals surface area contributed by atoms with Gasteiger partial charge in [0.2, 0.25) is 0 Å². The van der Waals surface area contributed by atoms with Crippen LogP contribution in [-0.4, -0.2) is 32.8 Å². The third kappa shape index (κ3) is 6.90. The lowest BCUT2D eigenvalue weighted by Crippen LogP contribution is -2.21. The van der Waals surface area contributed by atoms with Gasteiger partial charge < -0.3 is 14.4 Å². The number of alkyl halides is 3. The van der Waals surface area contributed by atoms with Gasteiger partial charge >= 0.3 is 12.1 Å². The number of fused-ring (bicyclic) bond motifs is 1. The van der Waals surface area contributed by atoms with Crippen molar-refractivity contribution < 1.29 is 17.7 Å². The summed E-state index contributed by atoms with van der Waals surface area (Å²) in [5, 5.41) is 6.73. The lowest BCUT2D eigenvalue weighted by molar-refractivity contribution is -0.159. The number of benzene rings is 1. The fraction of sp³-hybridized carbons (Fsp3) is 0.542. The molecular formula is C24H32F3N5O. The molecule has 1 unspecified atom stereocenters. The Morgan fingerprint density at radius 2 is 1.91 bits per heavy atom. The molecule has 180 valence electrons. The second-order valence-electron chi connectivity index (χ2n) is 9.64. The van der Waals surface area contributed by atoms with Crippen LogP contribution in [0.2, 0.25) is 0 Å². The molecule has 0 aliphatic heterocycles. The van der Waals surface area contributed by atoms with E-state index in [-0.39, 0.29) is 11.2 Å². The van der Waals surface area contributed by atoms with Gasteiger partial charge in [0.1, 0.15) is 5.82 Å². The van der Waals surface area contributed by atoms with Gasteiger partial charge in [-0.3, -0.25) is 0 Å². The van der Waals surface area contributed by atoms with E-state index in [9.17, 15) is 13.2 Å². The van der Waals surface area contributed by atoms with Crippen LogP contribution in [-0.2, 0) is 19.1 Å². The molecule has 2 heterocycles. The quantitative estimate of drug-likeness (QED) is 0.404. The van der Waals surface area contributed by atoms with Crippen molar-refractivity contribution in [2.45, 2.75) is 60.2 Å². The minimum Gasteiger partial charge on any atom is -0.329 e. The SMILES string of the molecule is CCNCCn1c(CC(C)CC(C)(C)C)nc2cc(/C=C/c3noc(C(F)(F)F)n3)ccc21. The largest absolute Gasteiger partial charge is 0.471 e. The molecular weight excluding hydrogens is 431 g/mol. The van der Waals surface area contributed by atoms with Crippen LogP contribution in [0.4, 0.5) is 13.2 Å². The van der Waals surface area contributed by atoms with E-state index >= 15 is 0 Å². The molecule has 0 aliphatic rings. The molecule has 0 spiro atoms. The molecule has 1 atom stereocenters. The Balaban J connectivity index is 1.86. The minimum atomic E-state index is -4.65. The smallest absolute Gasteiger partial charge is 0.329 e. The van der Waals surface area contributed by atoms with E-state index < -0.39 is 12.1 Å². The van der Waals surface area contributed by atoms with E-state index in [1.165, 1.54) is 6.08 Å². The predicted molar refractivity (Wildman–Crippen MR) is 123 cm³/mol. The second kappa shape index (κ2) is 10.1. The number of hydrogen-bond donors (Lipinski definition) is 1. The fourth-order valence-electron chi connectivity index (χ4n) is 4.09. The highest BCUT2D eigenvalue weighted by Crippen LogP contribution is 2.29. The molecule has 0 saturated heterocycles. The highest BCUT2D eigenvalue weighted by Gasteiger charge is 2.38. The number of hydrogen-bond acceptors (Lipinski definition) is 5. The Labute approximate surface area is 192 Å². The summed E-state index contributed by atoms with van der Waals surface area (Å²) in [5.41, 5.74) is 2.95. The molecule has 2 aromatic heterocycles. The number of halogens is 3. The van der Waals surface area contributed by atoms with Crippen LogP contribution in [0.15, 0.2) is 22.7 Å². The van der Waals surface area contributed by atoms with Gasteiger partial charge in [-0.15, -0.1) is 0 Å². The molecule has 6 nitrogen and oxygen atoms in total. The Morgan fingerprint density at radius 3 is 2.55 bits per heavy atom. The van der Waals surface area contributed by atoms with E-state index in [1.807, 2.05) is 18.2 Å². The van der Waals surface area contributed by atoms with Gasteiger partial charge in [-0.2, -0.15) is 18.2 Å². The zero-order chi connectivity index (χ0) is 24.2. The lowest BCUT2D eigenvalue weighted by Gasteiger charge is -2.23. The first kappa shape index (κ1) is 25.0. The molecule has 33 heavy (non-hydrogen) atoms. The topological polar surface area (TPSA) is 68.8 Å². The average molecular weight is 464 g/mol. The standard InChI is InChI=1S/C24H32F3N5O/c1-6-28-11-12-32-19-9-7-17(8-10-20-30-22(33-31-20)24(25,26)27)14-18(19)29-21(32)13-16(2)15-23(3,4)5/h7-10,14,16,28H,6,11-13,15H2,1-5H3/b10-8+. The average Bonchev–Trinajstić information content (AvgIpc) is 3.30. The van der Waals surface area contributed by atoms with Crippen LogP contribution < -0.4 is 5.32 Å². The van der Waals surface area contributed by atoms with E-state index in [2.05, 4.69) is 59.2 Å². The van der Waals surface area contributed by atoms with Crippen molar-refractivity contribution in [3.8, 4) is 0 Å². The van der Waals surface area contributed by atoms with Gasteiger partial charge in [-0.25, -0.2) is 4.98 Å². The van der Waals surface area contributed by atoms with Gasteiger partial charge in [0.25, 0.3) is 0 Å². The monoisotopic (exact) mass is 463 g/mol. The molecule has 0 amide bonds. The number of likely N-dealkylation sites (N-methyl/N-ethyl adjacent to an activating group) is 1. The normalized spacial score (nSPS) is 13.9. The van der Waals surface area contributed by atoms with Crippen molar-refractivity contribution >= 4 is 23.2 Å². The molecule has 0 aliphatic carbocycles. The zero-order valence-electron chi connectivity index (χ0n) is 19.8. The zero-order valence-corrected chi connectivity index (χ0v) is 19.8. The van der Waals surface area contributed by atoms with E-state index in [1.54, 1.807) is 6.08 Å². The Kier molecular flexibility index (Phi) is 7.62. The summed E-state index contributed by atoms with van der Waals surface area (Å²) < 4.78 is 44.4. The summed E-state index contributed by atoms with van der Waals surface area (Å²) in [7, 11) is 0. The highest BCUT2D eigenvalue weighted by atomic mass is 19.4. The molecule has 0 bridgehead atoms. The van der Waals surface area contributed by atoms with E-state index in [0.29, 0.717) is 5.92 Å². The van der Waals surface area contributed by atoms with Crippen LogP contribution in [0.3, 0.4) is 0 Å². The van der Waals surface area contributed by atoms with Crippen molar-refractivity contribution in [2.75, 3.05) is 13.1 Å². The number of rotatable bonds is 9. The van der Waals surface area contributed by atoms with Gasteiger partial charge in [0, 0.05) is 19.5 Å². The maximum Gasteiger partial charge on any atom is 0.471 e. The minimum absolute atomic E-state index is 0.129. The van der Waals surface area contributed by atoms with Crippen molar-refractivity contribution in [1.29, 1.82) is 0 Å². The molecule has 3 aromatic rings. The maximum absolute atomic E-state index is 12.6. The highest BCUT2D eigenvalue weighted by molar-refractivity contribution is 5.81. The molecule has 1 N–H and O–H groups in total. The van der Waals surface area contributed by atoms with Crippen LogP contribution >= 0.6 is 0 Å². The number of aromatic nitrogens is 4. The summed E-state index contributed by atoms with van der Waals surface area (Å²) >= 11 is 0. The molecule has 0 saturated carbocycles. The van der Waals surface area contributed by atoms with Gasteiger partial charge in [0.15, 0.2) is 5.82 Å². The Morgan fingerprint density at radius 1 is 1.15 bits per heavy atom. The van der Waals surface area contributed by atoms with Gasteiger partial charge in [-0.05, 0) is 48.1 Å². The van der Waals surface area contributed by atoms with Crippen molar-refractivity contribution in [2.24, 2.45) is 11.3 Å². The summed E-state index contributed by atoms with van der Waals surface area (Å²) in [6.07, 6.45) is 0.380. The summed E-state index contributed by atoms with van der Waals surface area (Å²) in [4.78, 5) is 8.28. The first-order valence-corrected chi connectivity index (χ1v) is 11.2. The molecule has 0 radical (unpaired) electrons. The molecule has 0 fully saturated rings. The predicted octanol–water partition coefficient (Wildman–Crippen LogP) is 5.83.